The Morgan fingerprint density at radius 3 is 1.79 bits per heavy atom. The molecule has 0 N–H and O–H groups in total. The standard InChI is InChI=1S/C24H48/c1-19-11-9-8-10-12-23(17-18-24(5,6)7)22(4)16-15-21(3)20(2)14-13-19/h19-23H,8-18H2,1-7H3. The van der Waals surface area contributed by atoms with Gasteiger partial charge in [-0.15, -0.1) is 0 Å². The molecule has 0 saturated heterocycles. The lowest BCUT2D eigenvalue weighted by atomic mass is 9.76. The predicted octanol–water partition coefficient (Wildman–Crippen LogP) is 8.50. The lowest BCUT2D eigenvalue weighted by Crippen LogP contribution is -2.18. The van der Waals surface area contributed by atoms with Crippen molar-refractivity contribution in [3.05, 3.63) is 0 Å². The molecule has 1 aliphatic rings. The Hall–Kier alpha value is 0. The van der Waals surface area contributed by atoms with Gasteiger partial charge < -0.3 is 0 Å². The van der Waals surface area contributed by atoms with Crippen LogP contribution in [0.15, 0.2) is 0 Å². The fourth-order valence-corrected chi connectivity index (χ4v) is 4.43. The molecule has 0 bridgehead atoms. The van der Waals surface area contributed by atoms with Crippen LogP contribution >= 0.6 is 0 Å². The third kappa shape index (κ3) is 9.47. The van der Waals surface area contributed by atoms with Gasteiger partial charge >= 0.3 is 0 Å². The monoisotopic (exact) mass is 336 g/mol. The first-order valence-corrected chi connectivity index (χ1v) is 11.2. The van der Waals surface area contributed by atoms with Gasteiger partial charge in [-0.25, -0.2) is 0 Å². The molecule has 0 aromatic rings. The van der Waals surface area contributed by atoms with Gasteiger partial charge in [0.25, 0.3) is 0 Å². The SMILES string of the molecule is CC1CCCCCC(CCC(C)(C)C)C(C)CCC(C)C(C)CC1. The summed E-state index contributed by atoms with van der Waals surface area (Å²) in [5.41, 5.74) is 0.496. The Kier molecular flexibility index (Phi) is 9.98. The van der Waals surface area contributed by atoms with Crippen LogP contribution in [0, 0.1) is 35.0 Å². The van der Waals surface area contributed by atoms with Crippen molar-refractivity contribution in [1.29, 1.82) is 0 Å². The van der Waals surface area contributed by atoms with Gasteiger partial charge in [0, 0.05) is 0 Å². The van der Waals surface area contributed by atoms with E-state index < -0.39 is 0 Å². The van der Waals surface area contributed by atoms with Crippen molar-refractivity contribution in [2.24, 2.45) is 35.0 Å². The van der Waals surface area contributed by atoms with Crippen molar-refractivity contribution in [3.63, 3.8) is 0 Å². The zero-order chi connectivity index (χ0) is 18.2. The van der Waals surface area contributed by atoms with Crippen LogP contribution in [0.3, 0.4) is 0 Å². The molecule has 1 rings (SSSR count). The molecule has 0 heterocycles. The van der Waals surface area contributed by atoms with Crippen LogP contribution in [0.5, 0.6) is 0 Å². The highest BCUT2D eigenvalue weighted by Gasteiger charge is 2.22. The molecule has 0 nitrogen and oxygen atoms in total. The molecule has 5 unspecified atom stereocenters. The number of rotatable bonds is 2. The Morgan fingerprint density at radius 1 is 0.625 bits per heavy atom. The average molecular weight is 337 g/mol. The summed E-state index contributed by atoms with van der Waals surface area (Å²) < 4.78 is 0. The third-order valence-corrected chi connectivity index (χ3v) is 7.01. The summed E-state index contributed by atoms with van der Waals surface area (Å²) in [5, 5.41) is 0. The van der Waals surface area contributed by atoms with Gasteiger partial charge in [0.2, 0.25) is 0 Å². The molecule has 0 aromatic carbocycles. The first-order chi connectivity index (χ1) is 11.2. The predicted molar refractivity (Wildman–Crippen MR) is 110 cm³/mol. The molecule has 0 heteroatoms. The highest BCUT2D eigenvalue weighted by molar-refractivity contribution is 4.74. The largest absolute Gasteiger partial charge is 0.0625 e. The van der Waals surface area contributed by atoms with Gasteiger partial charge in [-0.3, -0.25) is 0 Å². The zero-order valence-electron chi connectivity index (χ0n) is 18.2. The van der Waals surface area contributed by atoms with E-state index in [0.29, 0.717) is 5.41 Å². The summed E-state index contributed by atoms with van der Waals surface area (Å²) in [6.45, 7) is 17.3. The fourth-order valence-electron chi connectivity index (χ4n) is 4.43. The van der Waals surface area contributed by atoms with Crippen LogP contribution in [-0.4, -0.2) is 0 Å². The summed E-state index contributed by atoms with van der Waals surface area (Å²) >= 11 is 0. The van der Waals surface area contributed by atoms with Crippen LogP contribution in [0.1, 0.15) is 119 Å². The summed E-state index contributed by atoms with van der Waals surface area (Å²) in [5.74, 6) is 4.65. The van der Waals surface area contributed by atoms with E-state index in [2.05, 4.69) is 48.5 Å². The van der Waals surface area contributed by atoms with Crippen LogP contribution in [0.4, 0.5) is 0 Å². The molecule has 24 heavy (non-hydrogen) atoms. The van der Waals surface area contributed by atoms with E-state index in [9.17, 15) is 0 Å². The molecule has 0 aromatic heterocycles. The van der Waals surface area contributed by atoms with Crippen LogP contribution < -0.4 is 0 Å². The van der Waals surface area contributed by atoms with Crippen molar-refractivity contribution < 1.29 is 0 Å². The molecule has 1 saturated carbocycles. The van der Waals surface area contributed by atoms with E-state index >= 15 is 0 Å². The van der Waals surface area contributed by atoms with Crippen molar-refractivity contribution >= 4 is 0 Å². The quantitative estimate of drug-likeness (QED) is 0.474. The second-order valence-electron chi connectivity index (χ2n) is 10.7. The van der Waals surface area contributed by atoms with E-state index in [1.165, 1.54) is 70.6 Å². The van der Waals surface area contributed by atoms with E-state index in [-0.39, 0.29) is 0 Å². The molecule has 1 fully saturated rings. The molecular weight excluding hydrogens is 288 g/mol. The Labute approximate surface area is 154 Å². The van der Waals surface area contributed by atoms with E-state index in [4.69, 9.17) is 0 Å². The zero-order valence-corrected chi connectivity index (χ0v) is 18.2. The maximum atomic E-state index is 2.55. The smallest absolute Gasteiger partial charge is 0.0383 e. The van der Waals surface area contributed by atoms with Gasteiger partial charge in [0.15, 0.2) is 0 Å². The Balaban J connectivity index is 2.62. The summed E-state index contributed by atoms with van der Waals surface area (Å²) in [6, 6.07) is 0. The normalized spacial score (nSPS) is 35.4. The van der Waals surface area contributed by atoms with Crippen molar-refractivity contribution in [2.75, 3.05) is 0 Å². The van der Waals surface area contributed by atoms with Gasteiger partial charge in [0.1, 0.15) is 0 Å². The summed E-state index contributed by atoms with van der Waals surface area (Å²) in [6.07, 6.45) is 16.0. The lowest BCUT2D eigenvalue weighted by molar-refractivity contribution is 0.217. The van der Waals surface area contributed by atoms with Gasteiger partial charge in [0.05, 0.1) is 0 Å². The van der Waals surface area contributed by atoms with Crippen molar-refractivity contribution in [1.82, 2.24) is 0 Å². The first kappa shape index (κ1) is 22.0. The molecule has 0 radical (unpaired) electrons. The average Bonchev–Trinajstić information content (AvgIpc) is 2.50. The van der Waals surface area contributed by atoms with E-state index in [1.807, 2.05) is 0 Å². The highest BCUT2D eigenvalue weighted by atomic mass is 14.3. The Bertz CT molecular complexity index is 310. The molecule has 1 aliphatic carbocycles. The summed E-state index contributed by atoms with van der Waals surface area (Å²) in [4.78, 5) is 0. The second-order valence-corrected chi connectivity index (χ2v) is 10.7. The minimum absolute atomic E-state index is 0.496. The van der Waals surface area contributed by atoms with Crippen molar-refractivity contribution in [2.45, 2.75) is 119 Å². The van der Waals surface area contributed by atoms with E-state index in [0.717, 1.165) is 29.6 Å². The van der Waals surface area contributed by atoms with E-state index in [1.54, 1.807) is 0 Å². The fraction of sp³-hybridized carbons (Fsp3) is 1.00. The molecular formula is C24H48. The second kappa shape index (κ2) is 10.9. The van der Waals surface area contributed by atoms with Gasteiger partial charge in [-0.2, -0.15) is 0 Å². The number of hydrogen-bond donors (Lipinski definition) is 0. The van der Waals surface area contributed by atoms with Gasteiger partial charge in [-0.1, -0.05) is 106 Å². The molecule has 144 valence electrons. The minimum Gasteiger partial charge on any atom is -0.0625 e. The lowest BCUT2D eigenvalue weighted by Gasteiger charge is -2.30. The minimum atomic E-state index is 0.496. The molecule has 0 amide bonds. The third-order valence-electron chi connectivity index (χ3n) is 7.01. The maximum absolute atomic E-state index is 2.55. The number of hydrogen-bond acceptors (Lipinski definition) is 0. The van der Waals surface area contributed by atoms with Crippen molar-refractivity contribution in [3.8, 4) is 0 Å². The first-order valence-electron chi connectivity index (χ1n) is 11.2. The van der Waals surface area contributed by atoms with Crippen LogP contribution in [0.25, 0.3) is 0 Å². The molecule has 5 atom stereocenters. The van der Waals surface area contributed by atoms with Gasteiger partial charge in [-0.05, 0) is 47.8 Å². The molecule has 0 aliphatic heterocycles. The maximum Gasteiger partial charge on any atom is -0.0383 e. The van der Waals surface area contributed by atoms with Crippen LogP contribution in [0.2, 0.25) is 0 Å². The topological polar surface area (TPSA) is 0 Å². The van der Waals surface area contributed by atoms with Crippen LogP contribution in [-0.2, 0) is 0 Å². The highest BCUT2D eigenvalue weighted by Crippen LogP contribution is 2.35. The molecule has 0 spiro atoms. The Morgan fingerprint density at radius 2 is 1.17 bits per heavy atom. The summed E-state index contributed by atoms with van der Waals surface area (Å²) in [7, 11) is 0.